The number of carbonyl (C=O) groups excluding carboxylic acids is 1. The number of thiophene rings is 1. The van der Waals surface area contributed by atoms with Gasteiger partial charge in [-0.15, -0.1) is 15.7 Å². The van der Waals surface area contributed by atoms with E-state index < -0.39 is 26.0 Å². The summed E-state index contributed by atoms with van der Waals surface area (Å²) in [5, 5.41) is 16.2. The maximum absolute atomic E-state index is 14.1. The summed E-state index contributed by atoms with van der Waals surface area (Å²) >= 11 is 1.05. The number of benzene rings is 1. The Hall–Kier alpha value is -2.81. The van der Waals surface area contributed by atoms with Crippen LogP contribution in [0.25, 0.3) is 0 Å². The average Bonchev–Trinajstić information content (AvgIpc) is 3.31. The van der Waals surface area contributed by atoms with Crippen molar-refractivity contribution in [3.8, 4) is 0 Å². The number of fused-ring (bicyclic) bond motifs is 3. The molecule has 2 unspecified atom stereocenters. The highest BCUT2D eigenvalue weighted by molar-refractivity contribution is 7.91. The van der Waals surface area contributed by atoms with Crippen molar-refractivity contribution in [1.82, 2.24) is 9.62 Å². The van der Waals surface area contributed by atoms with Crippen LogP contribution in [-0.4, -0.2) is 50.9 Å². The van der Waals surface area contributed by atoms with Crippen molar-refractivity contribution in [3.63, 3.8) is 0 Å². The van der Waals surface area contributed by atoms with Gasteiger partial charge in [0.1, 0.15) is 27.0 Å². The van der Waals surface area contributed by atoms with Crippen LogP contribution in [0.4, 0.5) is 9.39 Å². The quantitative estimate of drug-likeness (QED) is 0.456. The van der Waals surface area contributed by atoms with Gasteiger partial charge in [-0.25, -0.2) is 17.5 Å². The van der Waals surface area contributed by atoms with E-state index in [1.165, 1.54) is 11.4 Å². The Balaban J connectivity index is 1.41. The number of aliphatic hydroxyl groups is 1. The van der Waals surface area contributed by atoms with Gasteiger partial charge >= 0.3 is 0 Å². The van der Waals surface area contributed by atoms with Gasteiger partial charge in [0.15, 0.2) is 5.84 Å². The molecular formula is C26H29FN4O6S3. The zero-order valence-corrected chi connectivity index (χ0v) is 24.3. The molecule has 10 nitrogen and oxygen atoms in total. The number of aryl methyl sites for hydroxylation is 1. The van der Waals surface area contributed by atoms with Gasteiger partial charge in [-0.2, -0.15) is 8.42 Å². The van der Waals surface area contributed by atoms with Crippen molar-refractivity contribution in [2.24, 2.45) is 22.2 Å². The van der Waals surface area contributed by atoms with E-state index in [1.54, 1.807) is 24.0 Å². The lowest BCUT2D eigenvalue weighted by molar-refractivity contribution is -0.140. The maximum Gasteiger partial charge on any atom is 0.287 e. The fraction of sp³-hybridized carbons (Fsp3) is 0.462. The Kier molecular flexibility index (Phi) is 6.59. The Bertz CT molecular complexity index is 1690. The van der Waals surface area contributed by atoms with Crippen LogP contribution in [0.1, 0.15) is 42.4 Å². The molecule has 2 aliphatic heterocycles. The van der Waals surface area contributed by atoms with E-state index in [2.05, 4.69) is 14.4 Å². The number of hydrogen-bond acceptors (Lipinski definition) is 8. The van der Waals surface area contributed by atoms with Gasteiger partial charge in [-0.3, -0.25) is 4.79 Å². The predicted octanol–water partition coefficient (Wildman–Crippen LogP) is 3.42. The van der Waals surface area contributed by atoms with Gasteiger partial charge in [-0.05, 0) is 67.0 Å². The van der Waals surface area contributed by atoms with Crippen LogP contribution in [0, 0.1) is 30.5 Å². The molecule has 3 saturated carbocycles. The molecular weight excluding hydrogens is 580 g/mol. The fourth-order valence-corrected chi connectivity index (χ4v) is 9.72. The van der Waals surface area contributed by atoms with Gasteiger partial charge in [0.05, 0.1) is 6.26 Å². The minimum absolute atomic E-state index is 0.141. The highest BCUT2D eigenvalue weighted by Gasteiger charge is 2.54. The summed E-state index contributed by atoms with van der Waals surface area (Å²) < 4.78 is 70.0. The highest BCUT2D eigenvalue weighted by Crippen LogP contribution is 2.52. The average molecular weight is 609 g/mol. The lowest BCUT2D eigenvalue weighted by Crippen LogP contribution is -2.60. The molecule has 1 aromatic carbocycles. The van der Waals surface area contributed by atoms with Gasteiger partial charge in [0.2, 0.25) is 10.0 Å². The van der Waals surface area contributed by atoms with Crippen molar-refractivity contribution in [2.45, 2.75) is 56.6 Å². The minimum atomic E-state index is -4.33. The summed E-state index contributed by atoms with van der Waals surface area (Å²) in [4.78, 5) is 15.6. The molecule has 3 heterocycles. The molecule has 1 amide bonds. The molecule has 2 bridgehead atoms. The summed E-state index contributed by atoms with van der Waals surface area (Å²) in [5.41, 5.74) is 1.25. The number of amides is 1. The van der Waals surface area contributed by atoms with Crippen LogP contribution in [-0.2, 0) is 37.9 Å². The molecule has 0 saturated heterocycles. The van der Waals surface area contributed by atoms with Gasteiger partial charge in [0.25, 0.3) is 15.9 Å². The molecule has 40 heavy (non-hydrogen) atoms. The van der Waals surface area contributed by atoms with Crippen molar-refractivity contribution in [3.05, 3.63) is 57.4 Å². The first-order chi connectivity index (χ1) is 18.8. The second-order valence-corrected chi connectivity index (χ2v) is 15.3. The number of hydrogen-bond donors (Lipinski definition) is 3. The van der Waals surface area contributed by atoms with E-state index in [0.29, 0.717) is 5.56 Å². The second-order valence-electron chi connectivity index (χ2n) is 11.0. The molecule has 5 aliphatic rings. The SMILES string of the molecule is Cc1cc(CN2C(=O)C(C3=NS(=O)(=O)c4c(CNS(C)(=O)=O)csc4N3)=C(O)C3C4CCC(CC4)C32)ccc1F. The molecule has 14 heteroatoms. The summed E-state index contributed by atoms with van der Waals surface area (Å²) in [6.45, 7) is 1.61. The molecule has 214 valence electrons. The van der Waals surface area contributed by atoms with Gasteiger partial charge < -0.3 is 15.3 Å². The van der Waals surface area contributed by atoms with Crippen molar-refractivity contribution in [2.75, 3.05) is 11.6 Å². The van der Waals surface area contributed by atoms with Crippen molar-refractivity contribution >= 4 is 48.1 Å². The molecule has 3 fully saturated rings. The largest absolute Gasteiger partial charge is 0.511 e. The molecule has 3 N–H and O–H groups in total. The third kappa shape index (κ3) is 4.64. The second kappa shape index (κ2) is 9.64. The standard InChI is InChI=1S/C26H29FN4O6S3/c1-13-9-14(3-8-18(13)27)11-31-21-16-6-4-15(5-7-16)19(21)22(32)20(26(31)33)24-29-25-23(40(36,37)30-24)17(12-38-25)10-28-39(2,34)35/h3,8-9,12,15-16,19,21,28,32H,4-7,10-11H2,1-2H3,(H,29,30). The van der Waals surface area contributed by atoms with E-state index >= 15 is 0 Å². The van der Waals surface area contributed by atoms with E-state index in [4.69, 9.17) is 0 Å². The summed E-state index contributed by atoms with van der Waals surface area (Å²) in [6, 6.07) is 4.45. The number of amidine groups is 1. The first kappa shape index (κ1) is 27.4. The van der Waals surface area contributed by atoms with E-state index in [0.717, 1.165) is 48.8 Å². The maximum atomic E-state index is 14.1. The number of aliphatic hydroxyl groups excluding tert-OH is 1. The Morgan fingerprint density at radius 1 is 1.23 bits per heavy atom. The van der Waals surface area contributed by atoms with Crippen molar-refractivity contribution < 1.29 is 31.1 Å². The van der Waals surface area contributed by atoms with Crippen LogP contribution < -0.4 is 10.0 Å². The molecule has 7 rings (SSSR count). The predicted molar refractivity (Wildman–Crippen MR) is 148 cm³/mol. The third-order valence-electron chi connectivity index (χ3n) is 8.44. The third-order valence-corrected chi connectivity index (χ3v) is 11.6. The minimum Gasteiger partial charge on any atom is -0.511 e. The van der Waals surface area contributed by atoms with Crippen LogP contribution in [0.2, 0.25) is 0 Å². The normalized spacial score (nSPS) is 27.2. The van der Waals surface area contributed by atoms with E-state index in [1.807, 2.05) is 0 Å². The fourth-order valence-electron chi connectivity index (χ4n) is 6.69. The summed E-state index contributed by atoms with van der Waals surface area (Å²) in [6.07, 6.45) is 4.67. The number of rotatable bonds is 6. The number of sulfonamides is 2. The molecule has 1 aromatic heterocycles. The molecule has 0 radical (unpaired) electrons. The van der Waals surface area contributed by atoms with E-state index in [9.17, 15) is 31.1 Å². The Labute approximate surface area is 236 Å². The smallest absolute Gasteiger partial charge is 0.287 e. The van der Waals surface area contributed by atoms with Crippen molar-refractivity contribution in [1.29, 1.82) is 0 Å². The zero-order valence-electron chi connectivity index (χ0n) is 21.8. The first-order valence-electron chi connectivity index (χ1n) is 13.0. The number of anilines is 1. The van der Waals surface area contributed by atoms with Gasteiger partial charge in [-0.1, -0.05) is 12.1 Å². The van der Waals surface area contributed by atoms with Crippen LogP contribution in [0.3, 0.4) is 0 Å². The van der Waals surface area contributed by atoms with E-state index in [-0.39, 0.29) is 75.3 Å². The monoisotopic (exact) mass is 608 g/mol. The van der Waals surface area contributed by atoms with Gasteiger partial charge in [0, 0.05) is 30.6 Å². The summed E-state index contributed by atoms with van der Waals surface area (Å²) in [7, 11) is -7.89. The van der Waals surface area contributed by atoms with Crippen LogP contribution in [0.5, 0.6) is 0 Å². The number of nitrogens with one attached hydrogen (secondary N) is 2. The molecule has 0 spiro atoms. The van der Waals surface area contributed by atoms with Crippen LogP contribution in [0.15, 0.2) is 44.2 Å². The number of carbonyl (C=O) groups is 1. The number of halogens is 1. The zero-order chi connectivity index (χ0) is 28.6. The lowest BCUT2D eigenvalue weighted by atomic mass is 9.59. The summed E-state index contributed by atoms with van der Waals surface area (Å²) in [5.74, 6) is -1.28. The Morgan fingerprint density at radius 2 is 1.93 bits per heavy atom. The molecule has 3 aliphatic carbocycles. The Morgan fingerprint density at radius 3 is 2.60 bits per heavy atom. The van der Waals surface area contributed by atoms with Crippen LogP contribution >= 0.6 is 11.3 Å². The highest BCUT2D eigenvalue weighted by atomic mass is 32.2. The number of nitrogens with zero attached hydrogens (tertiary/aromatic N) is 2. The topological polar surface area (TPSA) is 145 Å². The molecule has 2 aromatic rings. The first-order valence-corrected chi connectivity index (χ1v) is 17.2. The molecule has 2 atom stereocenters. The lowest BCUT2D eigenvalue weighted by Gasteiger charge is -2.54.